The van der Waals surface area contributed by atoms with Crippen molar-refractivity contribution < 1.29 is 31.2 Å². The Hall–Kier alpha value is -3.90. The van der Waals surface area contributed by atoms with Crippen LogP contribution in [-0.4, -0.2) is 38.5 Å². The molecule has 12 heteroatoms. The number of carbonyl (C=O) groups excluding carboxylic acids is 2. The van der Waals surface area contributed by atoms with Gasteiger partial charge < -0.3 is 15.5 Å². The fraction of sp³-hybridized carbons (Fsp3) is 0.310. The minimum absolute atomic E-state index is 0.139. The number of nitrogens with zero attached hydrogens (tertiary/aromatic N) is 1. The molecule has 3 amide bonds. The van der Waals surface area contributed by atoms with Crippen molar-refractivity contribution in [3.8, 4) is 11.1 Å². The number of halogens is 3. The number of hydrogen-bond donors (Lipinski definition) is 3. The fourth-order valence-electron chi connectivity index (χ4n) is 4.55. The van der Waals surface area contributed by atoms with E-state index >= 15 is 0 Å². The minimum atomic E-state index is -4.48. The van der Waals surface area contributed by atoms with Crippen molar-refractivity contribution in [3.05, 3.63) is 78.4 Å². The van der Waals surface area contributed by atoms with E-state index in [0.717, 1.165) is 24.3 Å². The highest BCUT2D eigenvalue weighted by Gasteiger charge is 2.32. The molecule has 0 unspecified atom stereocenters. The maximum atomic E-state index is 13.2. The second kappa shape index (κ2) is 11.5. The van der Waals surface area contributed by atoms with Crippen LogP contribution in [0.25, 0.3) is 11.1 Å². The quantitative estimate of drug-likeness (QED) is 0.340. The molecule has 4 rings (SSSR count). The standard InChI is InChI=1S/C29H31F3N4O4S/c1-28(2,3)35-41(39,40)25-9-5-4-7-23(25)19-10-16-22(17-11-19)36-18-6-8-24(26(36)37)34-27(38)33-21-14-12-20(13-15-21)29(30,31)32/h4-5,7,9-17,24,35H,6,8,18H2,1-3H3,(H2,33,34,38)/t24-/m1/s1. The van der Waals surface area contributed by atoms with Crippen molar-refractivity contribution in [3.63, 3.8) is 0 Å². The van der Waals surface area contributed by atoms with Gasteiger partial charge in [0.25, 0.3) is 0 Å². The van der Waals surface area contributed by atoms with E-state index < -0.39 is 39.4 Å². The first-order valence-corrected chi connectivity index (χ1v) is 14.4. The zero-order valence-electron chi connectivity index (χ0n) is 22.7. The molecule has 1 atom stereocenters. The zero-order chi connectivity index (χ0) is 30.0. The predicted molar refractivity (Wildman–Crippen MR) is 151 cm³/mol. The lowest BCUT2D eigenvalue weighted by Gasteiger charge is -2.32. The molecule has 1 aliphatic heterocycles. The van der Waals surface area contributed by atoms with Gasteiger partial charge in [-0.25, -0.2) is 17.9 Å². The van der Waals surface area contributed by atoms with E-state index in [1.54, 1.807) is 68.1 Å². The van der Waals surface area contributed by atoms with Crippen LogP contribution in [-0.2, 0) is 21.0 Å². The molecule has 0 spiro atoms. The van der Waals surface area contributed by atoms with Crippen LogP contribution < -0.4 is 20.3 Å². The zero-order valence-corrected chi connectivity index (χ0v) is 23.6. The van der Waals surface area contributed by atoms with Gasteiger partial charge in [0.15, 0.2) is 0 Å². The van der Waals surface area contributed by atoms with Gasteiger partial charge in [-0.1, -0.05) is 30.3 Å². The van der Waals surface area contributed by atoms with Crippen LogP contribution in [0.1, 0.15) is 39.2 Å². The molecule has 1 heterocycles. The SMILES string of the molecule is CC(C)(C)NS(=O)(=O)c1ccccc1-c1ccc(N2CCC[C@@H](NC(=O)Nc3ccc(C(F)(F)F)cc3)C2=O)cc1. The lowest BCUT2D eigenvalue weighted by atomic mass is 10.0. The second-order valence-electron chi connectivity index (χ2n) is 10.8. The van der Waals surface area contributed by atoms with Crippen molar-refractivity contribution in [1.29, 1.82) is 0 Å². The number of sulfonamides is 1. The molecular weight excluding hydrogens is 557 g/mol. The largest absolute Gasteiger partial charge is 0.416 e. The summed E-state index contributed by atoms with van der Waals surface area (Å²) in [4.78, 5) is 27.4. The summed E-state index contributed by atoms with van der Waals surface area (Å²) in [5.74, 6) is -0.330. The summed E-state index contributed by atoms with van der Waals surface area (Å²) in [6, 6.07) is 16.1. The molecule has 41 heavy (non-hydrogen) atoms. The van der Waals surface area contributed by atoms with Crippen LogP contribution in [0.2, 0.25) is 0 Å². The molecule has 3 aromatic rings. The molecule has 1 aliphatic rings. The van der Waals surface area contributed by atoms with Gasteiger partial charge in [0.2, 0.25) is 15.9 Å². The lowest BCUT2D eigenvalue weighted by molar-refractivity contribution is -0.137. The molecule has 8 nitrogen and oxygen atoms in total. The third-order valence-electron chi connectivity index (χ3n) is 6.32. The summed E-state index contributed by atoms with van der Waals surface area (Å²) in [6.45, 7) is 5.71. The summed E-state index contributed by atoms with van der Waals surface area (Å²) in [6.07, 6.45) is -3.47. The molecule has 218 valence electrons. The van der Waals surface area contributed by atoms with Gasteiger partial charge >= 0.3 is 12.2 Å². The first-order chi connectivity index (χ1) is 19.1. The van der Waals surface area contributed by atoms with Gasteiger partial charge in [0, 0.05) is 29.0 Å². The van der Waals surface area contributed by atoms with Gasteiger partial charge in [0.05, 0.1) is 10.5 Å². The molecular formula is C29H31F3N4O4S. The number of hydrogen-bond acceptors (Lipinski definition) is 4. The molecule has 3 aromatic carbocycles. The van der Waals surface area contributed by atoms with Crippen molar-refractivity contribution in [2.24, 2.45) is 0 Å². The number of urea groups is 1. The van der Waals surface area contributed by atoms with E-state index in [4.69, 9.17) is 0 Å². The molecule has 0 aliphatic carbocycles. The summed E-state index contributed by atoms with van der Waals surface area (Å²) in [7, 11) is -3.80. The number of amides is 3. The summed E-state index contributed by atoms with van der Waals surface area (Å²) in [5.41, 5.74) is 0.412. The first-order valence-electron chi connectivity index (χ1n) is 12.9. The third kappa shape index (κ3) is 7.44. The molecule has 1 fully saturated rings. The van der Waals surface area contributed by atoms with Crippen LogP contribution in [0.15, 0.2) is 77.7 Å². The number of carbonyl (C=O) groups is 2. The van der Waals surface area contributed by atoms with Gasteiger partial charge in [-0.2, -0.15) is 13.2 Å². The van der Waals surface area contributed by atoms with Crippen LogP contribution in [0.5, 0.6) is 0 Å². The highest BCUT2D eigenvalue weighted by Crippen LogP contribution is 2.31. The molecule has 1 saturated heterocycles. The Morgan fingerprint density at radius 2 is 1.56 bits per heavy atom. The van der Waals surface area contributed by atoms with Crippen LogP contribution in [0.3, 0.4) is 0 Å². The third-order valence-corrected chi connectivity index (χ3v) is 8.14. The van der Waals surface area contributed by atoms with E-state index in [1.807, 2.05) is 0 Å². The Labute approximate surface area is 237 Å². The minimum Gasteiger partial charge on any atom is -0.326 e. The molecule has 0 bridgehead atoms. The number of nitrogens with one attached hydrogen (secondary N) is 3. The van der Waals surface area contributed by atoms with E-state index in [2.05, 4.69) is 15.4 Å². The molecule has 0 radical (unpaired) electrons. The fourth-order valence-corrected chi connectivity index (χ4v) is 6.20. The monoisotopic (exact) mass is 588 g/mol. The van der Waals surface area contributed by atoms with E-state index in [0.29, 0.717) is 36.2 Å². The van der Waals surface area contributed by atoms with Crippen molar-refractivity contribution in [2.45, 2.75) is 56.3 Å². The van der Waals surface area contributed by atoms with E-state index in [9.17, 15) is 31.2 Å². The number of alkyl halides is 3. The van der Waals surface area contributed by atoms with Gasteiger partial charge in [-0.05, 0) is 81.6 Å². The number of anilines is 2. The summed E-state index contributed by atoms with van der Waals surface area (Å²) >= 11 is 0. The Morgan fingerprint density at radius 3 is 2.17 bits per heavy atom. The average Bonchev–Trinajstić information content (AvgIpc) is 2.88. The number of rotatable bonds is 6. The maximum Gasteiger partial charge on any atom is 0.416 e. The van der Waals surface area contributed by atoms with E-state index in [1.165, 1.54) is 6.07 Å². The highest BCUT2D eigenvalue weighted by molar-refractivity contribution is 7.89. The Balaban J connectivity index is 1.45. The van der Waals surface area contributed by atoms with Gasteiger partial charge in [-0.3, -0.25) is 4.79 Å². The second-order valence-corrected chi connectivity index (χ2v) is 12.4. The average molecular weight is 589 g/mol. The topological polar surface area (TPSA) is 108 Å². The van der Waals surface area contributed by atoms with Crippen molar-refractivity contribution in [2.75, 3.05) is 16.8 Å². The van der Waals surface area contributed by atoms with Gasteiger partial charge in [-0.15, -0.1) is 0 Å². The number of piperidine rings is 1. The normalized spacial score (nSPS) is 16.4. The number of benzene rings is 3. The highest BCUT2D eigenvalue weighted by atomic mass is 32.2. The lowest BCUT2D eigenvalue weighted by Crippen LogP contribution is -2.53. The van der Waals surface area contributed by atoms with Crippen LogP contribution in [0, 0.1) is 0 Å². The van der Waals surface area contributed by atoms with E-state index in [-0.39, 0.29) is 16.5 Å². The Bertz CT molecular complexity index is 1520. The smallest absolute Gasteiger partial charge is 0.326 e. The Kier molecular flexibility index (Phi) is 8.46. The van der Waals surface area contributed by atoms with Crippen LogP contribution in [0.4, 0.5) is 29.3 Å². The summed E-state index contributed by atoms with van der Waals surface area (Å²) in [5, 5.41) is 5.06. The molecule has 0 aromatic heterocycles. The van der Waals surface area contributed by atoms with Gasteiger partial charge in [0.1, 0.15) is 6.04 Å². The summed E-state index contributed by atoms with van der Waals surface area (Å²) < 4.78 is 67.1. The maximum absolute atomic E-state index is 13.2. The molecule has 3 N–H and O–H groups in total. The van der Waals surface area contributed by atoms with Crippen molar-refractivity contribution in [1.82, 2.24) is 10.0 Å². The Morgan fingerprint density at radius 1 is 0.927 bits per heavy atom. The molecule has 0 saturated carbocycles. The first kappa shape index (κ1) is 30.1. The predicted octanol–water partition coefficient (Wildman–Crippen LogP) is 5.77. The van der Waals surface area contributed by atoms with Crippen LogP contribution >= 0.6 is 0 Å². The van der Waals surface area contributed by atoms with Crippen molar-refractivity contribution >= 4 is 33.3 Å².